The minimum absolute atomic E-state index is 0.0276. The highest BCUT2D eigenvalue weighted by molar-refractivity contribution is 7.91. The zero-order valence-corrected chi connectivity index (χ0v) is 12.6. The zero-order chi connectivity index (χ0) is 14.8. The SMILES string of the molecule is COc1ccc(F)cc1CNS(=O)(=O)c1ccc(C)s1. The first-order valence-electron chi connectivity index (χ1n) is 5.81. The van der Waals surface area contributed by atoms with E-state index in [2.05, 4.69) is 4.72 Å². The lowest BCUT2D eigenvalue weighted by Crippen LogP contribution is -2.22. The summed E-state index contributed by atoms with van der Waals surface area (Å²) < 4.78 is 45.1. The Hall–Kier alpha value is -1.44. The maximum atomic E-state index is 13.2. The maximum Gasteiger partial charge on any atom is 0.250 e. The molecule has 0 saturated carbocycles. The number of thiophene rings is 1. The van der Waals surface area contributed by atoms with Crippen LogP contribution >= 0.6 is 11.3 Å². The molecule has 7 heteroatoms. The lowest BCUT2D eigenvalue weighted by molar-refractivity contribution is 0.407. The van der Waals surface area contributed by atoms with Crippen LogP contribution in [0.2, 0.25) is 0 Å². The largest absolute Gasteiger partial charge is 0.496 e. The van der Waals surface area contributed by atoms with Crippen molar-refractivity contribution in [3.05, 3.63) is 46.6 Å². The van der Waals surface area contributed by atoms with Crippen molar-refractivity contribution in [2.75, 3.05) is 7.11 Å². The van der Waals surface area contributed by atoms with Gasteiger partial charge in [0.2, 0.25) is 10.0 Å². The van der Waals surface area contributed by atoms with E-state index in [1.807, 2.05) is 6.92 Å². The maximum absolute atomic E-state index is 13.2. The van der Waals surface area contributed by atoms with E-state index in [1.165, 1.54) is 36.6 Å². The van der Waals surface area contributed by atoms with Crippen LogP contribution in [-0.4, -0.2) is 15.5 Å². The van der Waals surface area contributed by atoms with Crippen LogP contribution in [-0.2, 0) is 16.6 Å². The van der Waals surface area contributed by atoms with E-state index in [9.17, 15) is 12.8 Å². The molecule has 2 aromatic rings. The van der Waals surface area contributed by atoms with E-state index in [1.54, 1.807) is 12.1 Å². The highest BCUT2D eigenvalue weighted by Gasteiger charge is 2.17. The predicted octanol–water partition coefficient (Wildman–Crippen LogP) is 2.68. The van der Waals surface area contributed by atoms with Crippen LogP contribution in [0.3, 0.4) is 0 Å². The molecule has 20 heavy (non-hydrogen) atoms. The number of hydrogen-bond donors (Lipinski definition) is 1. The van der Waals surface area contributed by atoms with Crippen molar-refractivity contribution >= 4 is 21.4 Å². The second-order valence-electron chi connectivity index (χ2n) is 4.15. The van der Waals surface area contributed by atoms with Gasteiger partial charge in [-0.3, -0.25) is 0 Å². The number of ether oxygens (including phenoxy) is 1. The highest BCUT2D eigenvalue weighted by atomic mass is 32.2. The van der Waals surface area contributed by atoms with Gasteiger partial charge in [0.1, 0.15) is 15.8 Å². The van der Waals surface area contributed by atoms with Gasteiger partial charge in [-0.2, -0.15) is 0 Å². The van der Waals surface area contributed by atoms with Gasteiger partial charge in [0.05, 0.1) is 7.11 Å². The summed E-state index contributed by atoms with van der Waals surface area (Å²) in [6.45, 7) is 1.81. The molecule has 0 atom stereocenters. The van der Waals surface area contributed by atoms with Crippen LogP contribution in [0.25, 0.3) is 0 Å². The van der Waals surface area contributed by atoms with Crippen molar-refractivity contribution in [1.29, 1.82) is 0 Å². The van der Waals surface area contributed by atoms with Crippen molar-refractivity contribution in [3.63, 3.8) is 0 Å². The number of sulfonamides is 1. The second kappa shape index (κ2) is 5.90. The molecule has 0 saturated heterocycles. The third-order valence-corrected chi connectivity index (χ3v) is 5.57. The van der Waals surface area contributed by atoms with Gasteiger partial charge >= 0.3 is 0 Å². The van der Waals surface area contributed by atoms with Gasteiger partial charge in [-0.05, 0) is 37.3 Å². The number of aryl methyl sites for hydroxylation is 1. The molecular formula is C13H14FNO3S2. The molecule has 0 fully saturated rings. The molecule has 0 amide bonds. The number of benzene rings is 1. The molecule has 0 unspecified atom stereocenters. The normalized spacial score (nSPS) is 11.6. The lowest BCUT2D eigenvalue weighted by Gasteiger charge is -2.09. The fraction of sp³-hybridized carbons (Fsp3) is 0.231. The molecule has 0 aliphatic carbocycles. The monoisotopic (exact) mass is 315 g/mol. The van der Waals surface area contributed by atoms with E-state index in [0.717, 1.165) is 4.88 Å². The topological polar surface area (TPSA) is 55.4 Å². The first-order valence-corrected chi connectivity index (χ1v) is 8.11. The van der Waals surface area contributed by atoms with Gasteiger partial charge in [-0.1, -0.05) is 0 Å². The van der Waals surface area contributed by atoms with Crippen molar-refractivity contribution in [1.82, 2.24) is 4.72 Å². The Morgan fingerprint density at radius 3 is 2.65 bits per heavy atom. The Morgan fingerprint density at radius 2 is 2.05 bits per heavy atom. The fourth-order valence-corrected chi connectivity index (χ4v) is 4.02. The van der Waals surface area contributed by atoms with Gasteiger partial charge in [-0.15, -0.1) is 11.3 Å². The number of nitrogens with one attached hydrogen (secondary N) is 1. The first-order chi connectivity index (χ1) is 9.42. The smallest absolute Gasteiger partial charge is 0.250 e. The third-order valence-electron chi connectivity index (χ3n) is 2.68. The van der Waals surface area contributed by atoms with Crippen LogP contribution in [0, 0.1) is 12.7 Å². The molecule has 0 aliphatic heterocycles. The number of methoxy groups -OCH3 is 1. The first kappa shape index (κ1) is 15.0. The summed E-state index contributed by atoms with van der Waals surface area (Å²) in [5, 5.41) is 0. The Labute approximate surface area is 121 Å². The van der Waals surface area contributed by atoms with E-state index in [0.29, 0.717) is 11.3 Å². The summed E-state index contributed by atoms with van der Waals surface area (Å²) in [5.74, 6) is 0.00317. The quantitative estimate of drug-likeness (QED) is 0.923. The van der Waals surface area contributed by atoms with E-state index < -0.39 is 15.8 Å². The van der Waals surface area contributed by atoms with Crippen molar-refractivity contribution < 1.29 is 17.5 Å². The molecule has 1 aromatic carbocycles. The van der Waals surface area contributed by atoms with Crippen LogP contribution in [0.5, 0.6) is 5.75 Å². The van der Waals surface area contributed by atoms with E-state index in [-0.39, 0.29) is 10.8 Å². The Kier molecular flexibility index (Phi) is 4.42. The van der Waals surface area contributed by atoms with Crippen LogP contribution in [0.4, 0.5) is 4.39 Å². The van der Waals surface area contributed by atoms with Gasteiger partial charge in [0.25, 0.3) is 0 Å². The lowest BCUT2D eigenvalue weighted by atomic mass is 10.2. The summed E-state index contributed by atoms with van der Waals surface area (Å²) in [6, 6.07) is 7.27. The van der Waals surface area contributed by atoms with Crippen molar-refractivity contribution in [3.8, 4) is 5.75 Å². The summed E-state index contributed by atoms with van der Waals surface area (Å²) in [7, 11) is -2.13. The minimum Gasteiger partial charge on any atom is -0.496 e. The summed E-state index contributed by atoms with van der Waals surface area (Å²) in [5.41, 5.74) is 0.448. The Morgan fingerprint density at radius 1 is 1.30 bits per heavy atom. The Balaban J connectivity index is 2.18. The summed E-state index contributed by atoms with van der Waals surface area (Å²) in [6.07, 6.45) is 0. The second-order valence-corrected chi connectivity index (χ2v) is 7.43. The fourth-order valence-electron chi connectivity index (χ4n) is 1.69. The van der Waals surface area contributed by atoms with Gasteiger partial charge in [0, 0.05) is 17.0 Å². The molecule has 0 aliphatic rings. The molecule has 1 aromatic heterocycles. The number of hydrogen-bond acceptors (Lipinski definition) is 4. The van der Waals surface area contributed by atoms with Gasteiger partial charge in [-0.25, -0.2) is 17.5 Å². The third kappa shape index (κ3) is 3.36. The van der Waals surface area contributed by atoms with Crippen molar-refractivity contribution in [2.45, 2.75) is 17.7 Å². The molecule has 1 heterocycles. The summed E-state index contributed by atoms with van der Waals surface area (Å²) in [4.78, 5) is 0.911. The van der Waals surface area contributed by atoms with Gasteiger partial charge < -0.3 is 4.74 Å². The molecule has 108 valence electrons. The average Bonchev–Trinajstić information content (AvgIpc) is 2.84. The van der Waals surface area contributed by atoms with E-state index in [4.69, 9.17) is 4.74 Å². The molecule has 0 radical (unpaired) electrons. The molecule has 0 spiro atoms. The van der Waals surface area contributed by atoms with E-state index >= 15 is 0 Å². The minimum atomic E-state index is -3.58. The zero-order valence-electron chi connectivity index (χ0n) is 11.0. The Bertz CT molecular complexity index is 710. The van der Waals surface area contributed by atoms with Gasteiger partial charge in [0.15, 0.2) is 0 Å². The molecule has 4 nitrogen and oxygen atoms in total. The summed E-state index contributed by atoms with van der Waals surface area (Å²) >= 11 is 1.19. The molecule has 1 N–H and O–H groups in total. The predicted molar refractivity (Wildman–Crippen MR) is 76.0 cm³/mol. The molecule has 2 rings (SSSR count). The van der Waals surface area contributed by atoms with Crippen LogP contribution < -0.4 is 9.46 Å². The number of halogens is 1. The molecular weight excluding hydrogens is 301 g/mol. The van der Waals surface area contributed by atoms with Crippen molar-refractivity contribution in [2.24, 2.45) is 0 Å². The highest BCUT2D eigenvalue weighted by Crippen LogP contribution is 2.22. The number of rotatable bonds is 5. The average molecular weight is 315 g/mol. The van der Waals surface area contributed by atoms with Crippen LogP contribution in [0.15, 0.2) is 34.5 Å². The van der Waals surface area contributed by atoms with Crippen LogP contribution in [0.1, 0.15) is 10.4 Å². The molecule has 0 bridgehead atoms. The standard InChI is InChI=1S/C13H14FNO3S2/c1-9-3-6-13(19-9)20(16,17)15-8-10-7-11(14)4-5-12(10)18-2/h3-7,15H,8H2,1-2H3.